The van der Waals surface area contributed by atoms with Gasteiger partial charge in [0.05, 0.1) is 13.2 Å². The number of rotatable bonds is 16. The molecule has 1 atom stereocenters. The molecular formula is C38H64N2O. The third-order valence-corrected chi connectivity index (χ3v) is 7.89. The van der Waals surface area contributed by atoms with Gasteiger partial charge in [-0.05, 0) is 119 Å². The topological polar surface area (TPSA) is 24.5 Å². The summed E-state index contributed by atoms with van der Waals surface area (Å²) in [6, 6.07) is 0. The van der Waals surface area contributed by atoms with E-state index in [1.807, 2.05) is 0 Å². The fourth-order valence-corrected chi connectivity index (χ4v) is 5.05. The molecule has 41 heavy (non-hydrogen) atoms. The summed E-state index contributed by atoms with van der Waals surface area (Å²) >= 11 is 0. The molecule has 0 amide bonds. The van der Waals surface area contributed by atoms with Crippen molar-refractivity contribution in [1.29, 1.82) is 0 Å². The van der Waals surface area contributed by atoms with Gasteiger partial charge in [0.2, 0.25) is 0 Å². The molecule has 1 aliphatic heterocycles. The smallest absolute Gasteiger partial charge is 0.0612 e. The first kappa shape index (κ1) is 36.9. The number of hydrogen-bond donors (Lipinski definition) is 1. The van der Waals surface area contributed by atoms with E-state index in [9.17, 15) is 0 Å². The van der Waals surface area contributed by atoms with Crippen molar-refractivity contribution in [3.8, 4) is 0 Å². The summed E-state index contributed by atoms with van der Waals surface area (Å²) in [4.78, 5) is 0. The summed E-state index contributed by atoms with van der Waals surface area (Å²) in [5.41, 5.74) is 13.6. The van der Waals surface area contributed by atoms with Gasteiger partial charge in [-0.3, -0.25) is 0 Å². The van der Waals surface area contributed by atoms with Crippen LogP contribution in [0.2, 0.25) is 0 Å². The summed E-state index contributed by atoms with van der Waals surface area (Å²) in [6.45, 7) is 27.2. The van der Waals surface area contributed by atoms with Crippen molar-refractivity contribution in [2.45, 2.75) is 126 Å². The van der Waals surface area contributed by atoms with Gasteiger partial charge in [-0.25, -0.2) is 5.01 Å². The zero-order valence-electron chi connectivity index (χ0n) is 28.0. The van der Waals surface area contributed by atoms with Crippen LogP contribution in [0.3, 0.4) is 0 Å². The molecule has 232 valence electrons. The van der Waals surface area contributed by atoms with Crippen LogP contribution in [-0.2, 0) is 4.74 Å². The van der Waals surface area contributed by atoms with Crippen molar-refractivity contribution in [2.75, 3.05) is 26.3 Å². The predicted molar refractivity (Wildman–Crippen MR) is 183 cm³/mol. The summed E-state index contributed by atoms with van der Waals surface area (Å²) in [6.07, 6.45) is 26.0. The predicted octanol–water partition coefficient (Wildman–Crippen LogP) is 11.0. The van der Waals surface area contributed by atoms with E-state index < -0.39 is 0 Å². The molecule has 1 aliphatic carbocycles. The molecule has 0 radical (unpaired) electrons. The van der Waals surface area contributed by atoms with Crippen LogP contribution in [0.1, 0.15) is 126 Å². The Morgan fingerprint density at radius 2 is 1.41 bits per heavy atom. The van der Waals surface area contributed by atoms with E-state index in [0.29, 0.717) is 5.92 Å². The van der Waals surface area contributed by atoms with Crippen LogP contribution in [0, 0.1) is 5.92 Å². The average molecular weight is 565 g/mol. The van der Waals surface area contributed by atoms with Gasteiger partial charge in [-0.15, -0.1) is 0 Å². The number of hydrogen-bond acceptors (Lipinski definition) is 3. The number of nitrogens with one attached hydrogen (secondary N) is 1. The van der Waals surface area contributed by atoms with Crippen LogP contribution in [0.5, 0.6) is 0 Å². The highest BCUT2D eigenvalue weighted by Gasteiger charge is 2.20. The standard InChI is InChI=1S/C23H38N2O.C15H26/c1-19(2)8-5-9-20(3)10-6-11-22-12-7-13-23(18-22)21(4)24-25-14-16-26-17-15-25;1-6-14(4)10-8-12-15(5)11-7-9-13(2)3/h8,10,12,23-24H,4-7,9,11,13-18H2,1-3H3;9,12H,4,6-8,10-11H2,1-3,5H3/b20-10+;15-12+. The van der Waals surface area contributed by atoms with Crippen LogP contribution in [0.4, 0.5) is 0 Å². The molecule has 2 rings (SSSR count). The van der Waals surface area contributed by atoms with Gasteiger partial charge in [0.1, 0.15) is 0 Å². The number of morpholine rings is 1. The molecule has 3 heteroatoms. The zero-order chi connectivity index (χ0) is 30.5. The van der Waals surface area contributed by atoms with E-state index in [1.54, 1.807) is 5.57 Å². The lowest BCUT2D eigenvalue weighted by atomic mass is 9.85. The van der Waals surface area contributed by atoms with Gasteiger partial charge in [0.15, 0.2) is 0 Å². The van der Waals surface area contributed by atoms with Crippen molar-refractivity contribution in [3.05, 3.63) is 82.7 Å². The lowest BCUT2D eigenvalue weighted by Gasteiger charge is -2.33. The number of allylic oxidation sites excluding steroid dienone is 12. The third-order valence-electron chi connectivity index (χ3n) is 7.89. The molecule has 1 saturated heterocycles. The van der Waals surface area contributed by atoms with E-state index in [1.165, 1.54) is 91.3 Å². The first-order valence-electron chi connectivity index (χ1n) is 16.3. The largest absolute Gasteiger partial charge is 0.379 e. The number of nitrogens with zero attached hydrogens (tertiary/aromatic N) is 1. The second kappa shape index (κ2) is 22.5. The van der Waals surface area contributed by atoms with Gasteiger partial charge in [-0.1, -0.05) is 83.9 Å². The van der Waals surface area contributed by atoms with E-state index in [-0.39, 0.29) is 0 Å². The zero-order valence-corrected chi connectivity index (χ0v) is 28.0. The summed E-state index contributed by atoms with van der Waals surface area (Å²) in [5.74, 6) is 0.570. The first-order chi connectivity index (χ1) is 19.6. The lowest BCUT2D eigenvalue weighted by Crippen LogP contribution is -2.46. The molecule has 1 unspecified atom stereocenters. The maximum Gasteiger partial charge on any atom is 0.0612 e. The monoisotopic (exact) mass is 565 g/mol. The number of hydrazine groups is 1. The van der Waals surface area contributed by atoms with Crippen LogP contribution < -0.4 is 5.43 Å². The highest BCUT2D eigenvalue weighted by atomic mass is 16.5. The van der Waals surface area contributed by atoms with Gasteiger partial charge in [0.25, 0.3) is 0 Å². The molecule has 0 aromatic carbocycles. The normalized spacial score (nSPS) is 18.0. The molecule has 0 spiro atoms. The summed E-state index contributed by atoms with van der Waals surface area (Å²) in [7, 11) is 0. The molecule has 2 aliphatic rings. The Hall–Kier alpha value is -2.10. The third kappa shape index (κ3) is 19.6. The molecule has 0 aromatic rings. The molecule has 0 bridgehead atoms. The number of ether oxygens (including phenoxy) is 1. The fourth-order valence-electron chi connectivity index (χ4n) is 5.05. The molecule has 3 nitrogen and oxygen atoms in total. The molecule has 0 saturated carbocycles. The van der Waals surface area contributed by atoms with Crippen LogP contribution in [0.25, 0.3) is 0 Å². The Labute approximate surface area is 255 Å². The lowest BCUT2D eigenvalue weighted by molar-refractivity contribution is 0.0165. The summed E-state index contributed by atoms with van der Waals surface area (Å²) in [5, 5.41) is 2.25. The van der Waals surface area contributed by atoms with Gasteiger partial charge in [0, 0.05) is 24.7 Å². The van der Waals surface area contributed by atoms with E-state index in [0.717, 1.165) is 45.6 Å². The van der Waals surface area contributed by atoms with Gasteiger partial charge < -0.3 is 10.2 Å². The van der Waals surface area contributed by atoms with Crippen molar-refractivity contribution in [3.63, 3.8) is 0 Å². The van der Waals surface area contributed by atoms with Gasteiger partial charge in [-0.2, -0.15) is 0 Å². The maximum atomic E-state index is 5.41. The van der Waals surface area contributed by atoms with Crippen molar-refractivity contribution in [1.82, 2.24) is 10.4 Å². The average Bonchev–Trinajstić information content (AvgIpc) is 2.93. The molecule has 1 N–H and O–H groups in total. The minimum atomic E-state index is 0.570. The SMILES string of the molecule is C=C(CC)CC/C=C(\C)CCC=C(C)C.C=C(NN1CCOCC1)C1CCC=C(CC/C=C(\C)CCC=C(C)C)C1. The Morgan fingerprint density at radius 3 is 1.98 bits per heavy atom. The quantitative estimate of drug-likeness (QED) is 0.189. The Morgan fingerprint density at radius 1 is 0.854 bits per heavy atom. The second-order valence-corrected chi connectivity index (χ2v) is 12.5. The first-order valence-corrected chi connectivity index (χ1v) is 16.3. The Bertz CT molecular complexity index is 916. The van der Waals surface area contributed by atoms with E-state index >= 15 is 0 Å². The van der Waals surface area contributed by atoms with Crippen molar-refractivity contribution >= 4 is 0 Å². The van der Waals surface area contributed by atoms with Crippen molar-refractivity contribution < 1.29 is 4.74 Å². The minimum absolute atomic E-state index is 0.570. The van der Waals surface area contributed by atoms with Crippen LogP contribution in [0.15, 0.2) is 82.7 Å². The molecule has 1 heterocycles. The van der Waals surface area contributed by atoms with E-state index in [2.05, 4.69) is 102 Å². The highest BCUT2D eigenvalue weighted by Crippen LogP contribution is 2.31. The van der Waals surface area contributed by atoms with Gasteiger partial charge >= 0.3 is 0 Å². The highest BCUT2D eigenvalue weighted by molar-refractivity contribution is 5.14. The Kier molecular flexibility index (Phi) is 20.3. The van der Waals surface area contributed by atoms with Crippen molar-refractivity contribution in [2.24, 2.45) is 5.92 Å². The van der Waals surface area contributed by atoms with Crippen LogP contribution in [-0.4, -0.2) is 31.3 Å². The molecule has 0 aromatic heterocycles. The maximum absolute atomic E-state index is 5.41. The molecule has 1 fully saturated rings. The fraction of sp³-hybridized carbons (Fsp3) is 0.632. The molecular weight excluding hydrogens is 500 g/mol. The minimum Gasteiger partial charge on any atom is -0.379 e. The van der Waals surface area contributed by atoms with Crippen LogP contribution >= 0.6 is 0 Å². The van der Waals surface area contributed by atoms with E-state index in [4.69, 9.17) is 4.74 Å². The second-order valence-electron chi connectivity index (χ2n) is 12.5. The Balaban J connectivity index is 0.000000479. The summed E-state index contributed by atoms with van der Waals surface area (Å²) < 4.78 is 5.41.